The Morgan fingerprint density at radius 2 is 1.63 bits per heavy atom. The third-order valence-corrected chi connectivity index (χ3v) is 4.94. The van der Waals surface area contributed by atoms with E-state index >= 15 is 0 Å². The average Bonchev–Trinajstić information content (AvgIpc) is 2.74. The summed E-state index contributed by atoms with van der Waals surface area (Å²) in [5, 5.41) is 13.1. The standard InChI is InChI=1S/C25H26N2O3/c1-3-27(18(2)28)17-21-10-7-11-22(15-21)26-25(30)23-16-20(12-13-24(23)29)14-19-8-5-4-6-9-19/h4-13,15-16,29H,3,14,17H2,1-2H3,(H,26,30). The van der Waals surface area contributed by atoms with Gasteiger partial charge in [-0.15, -0.1) is 0 Å². The zero-order valence-corrected chi connectivity index (χ0v) is 17.3. The summed E-state index contributed by atoms with van der Waals surface area (Å²) in [4.78, 5) is 26.2. The van der Waals surface area contributed by atoms with Gasteiger partial charge in [0.15, 0.2) is 0 Å². The van der Waals surface area contributed by atoms with Crippen LogP contribution in [-0.4, -0.2) is 28.4 Å². The van der Waals surface area contributed by atoms with Crippen molar-refractivity contribution in [3.8, 4) is 5.75 Å². The molecular weight excluding hydrogens is 376 g/mol. The van der Waals surface area contributed by atoms with Crippen molar-refractivity contribution in [1.29, 1.82) is 0 Å². The summed E-state index contributed by atoms with van der Waals surface area (Å²) in [6.07, 6.45) is 0.675. The Labute approximate surface area is 177 Å². The lowest BCUT2D eigenvalue weighted by Gasteiger charge is -2.19. The molecule has 5 nitrogen and oxygen atoms in total. The zero-order chi connectivity index (χ0) is 21.5. The second-order valence-electron chi connectivity index (χ2n) is 7.20. The van der Waals surface area contributed by atoms with Crippen molar-refractivity contribution in [2.75, 3.05) is 11.9 Å². The Bertz CT molecular complexity index is 1030. The number of carbonyl (C=O) groups excluding carboxylic acids is 2. The van der Waals surface area contributed by atoms with Gasteiger partial charge in [-0.25, -0.2) is 0 Å². The molecule has 5 heteroatoms. The summed E-state index contributed by atoms with van der Waals surface area (Å²) < 4.78 is 0. The fourth-order valence-corrected chi connectivity index (χ4v) is 3.32. The molecule has 0 fully saturated rings. The van der Waals surface area contributed by atoms with E-state index < -0.39 is 0 Å². The second-order valence-corrected chi connectivity index (χ2v) is 7.20. The molecule has 0 aromatic heterocycles. The molecule has 0 aliphatic rings. The summed E-state index contributed by atoms with van der Waals surface area (Å²) >= 11 is 0. The molecule has 0 atom stereocenters. The second kappa shape index (κ2) is 9.74. The lowest BCUT2D eigenvalue weighted by Crippen LogP contribution is -2.27. The van der Waals surface area contributed by atoms with Crippen molar-refractivity contribution in [2.45, 2.75) is 26.8 Å². The van der Waals surface area contributed by atoms with Gasteiger partial charge in [-0.1, -0.05) is 48.5 Å². The van der Waals surface area contributed by atoms with Crippen molar-refractivity contribution in [2.24, 2.45) is 0 Å². The number of nitrogens with zero attached hydrogens (tertiary/aromatic N) is 1. The molecule has 0 saturated carbocycles. The van der Waals surface area contributed by atoms with Crippen LogP contribution in [0.15, 0.2) is 72.8 Å². The number of hydrogen-bond donors (Lipinski definition) is 2. The molecule has 2 N–H and O–H groups in total. The van der Waals surface area contributed by atoms with Gasteiger partial charge in [-0.3, -0.25) is 9.59 Å². The zero-order valence-electron chi connectivity index (χ0n) is 17.3. The quantitative estimate of drug-likeness (QED) is 0.607. The molecule has 0 heterocycles. The van der Waals surface area contributed by atoms with E-state index in [1.165, 1.54) is 0 Å². The van der Waals surface area contributed by atoms with Crippen LogP contribution in [0.2, 0.25) is 0 Å². The van der Waals surface area contributed by atoms with Crippen LogP contribution in [0, 0.1) is 0 Å². The van der Waals surface area contributed by atoms with Gasteiger partial charge in [-0.2, -0.15) is 0 Å². The van der Waals surface area contributed by atoms with Crippen LogP contribution in [0.3, 0.4) is 0 Å². The summed E-state index contributed by atoms with van der Waals surface area (Å²) in [5.41, 5.74) is 3.84. The van der Waals surface area contributed by atoms with Crippen LogP contribution in [0.25, 0.3) is 0 Å². The maximum absolute atomic E-state index is 12.8. The lowest BCUT2D eigenvalue weighted by atomic mass is 10.0. The first-order valence-corrected chi connectivity index (χ1v) is 9.98. The van der Waals surface area contributed by atoms with Crippen molar-refractivity contribution in [3.05, 3.63) is 95.1 Å². The molecule has 154 valence electrons. The van der Waals surface area contributed by atoms with Crippen LogP contribution in [-0.2, 0) is 17.8 Å². The number of aromatic hydroxyl groups is 1. The minimum absolute atomic E-state index is 0.00657. The summed E-state index contributed by atoms with van der Waals surface area (Å²) in [6.45, 7) is 4.57. The van der Waals surface area contributed by atoms with Crippen molar-refractivity contribution in [3.63, 3.8) is 0 Å². The fraction of sp³-hybridized carbons (Fsp3) is 0.200. The molecule has 0 saturated heterocycles. The SMILES string of the molecule is CCN(Cc1cccc(NC(=O)c2cc(Cc3ccccc3)ccc2O)c1)C(C)=O. The molecule has 0 aliphatic carbocycles. The third kappa shape index (κ3) is 5.47. The van der Waals surface area contributed by atoms with Gasteiger partial charge in [0.05, 0.1) is 5.56 Å². The van der Waals surface area contributed by atoms with Crippen molar-refractivity contribution < 1.29 is 14.7 Å². The van der Waals surface area contributed by atoms with E-state index in [2.05, 4.69) is 5.32 Å². The molecule has 0 spiro atoms. The molecule has 3 aromatic rings. The van der Waals surface area contributed by atoms with Gasteiger partial charge in [-0.05, 0) is 54.3 Å². The Balaban J connectivity index is 1.75. The number of hydrogen-bond acceptors (Lipinski definition) is 3. The smallest absolute Gasteiger partial charge is 0.259 e. The molecule has 0 bridgehead atoms. The van der Waals surface area contributed by atoms with Crippen LogP contribution in [0.4, 0.5) is 5.69 Å². The first kappa shape index (κ1) is 21.1. The number of benzene rings is 3. The molecule has 0 aliphatic heterocycles. The van der Waals surface area contributed by atoms with E-state index in [-0.39, 0.29) is 23.1 Å². The summed E-state index contributed by atoms with van der Waals surface area (Å²) in [5.74, 6) is -0.431. The van der Waals surface area contributed by atoms with E-state index in [9.17, 15) is 14.7 Å². The first-order chi connectivity index (χ1) is 14.5. The molecule has 2 amide bonds. The number of anilines is 1. The number of phenolic OH excluding ortho intramolecular Hbond substituents is 1. The average molecular weight is 402 g/mol. The van der Waals surface area contributed by atoms with E-state index in [0.717, 1.165) is 16.7 Å². The van der Waals surface area contributed by atoms with Gasteiger partial charge in [0.1, 0.15) is 5.75 Å². The Morgan fingerprint density at radius 1 is 0.900 bits per heavy atom. The number of phenols is 1. The van der Waals surface area contributed by atoms with Crippen LogP contribution in [0.5, 0.6) is 5.75 Å². The number of carbonyl (C=O) groups is 2. The van der Waals surface area contributed by atoms with Crippen LogP contribution >= 0.6 is 0 Å². The normalized spacial score (nSPS) is 10.5. The number of nitrogens with one attached hydrogen (secondary N) is 1. The third-order valence-electron chi connectivity index (χ3n) is 4.94. The number of amides is 2. The maximum atomic E-state index is 12.8. The maximum Gasteiger partial charge on any atom is 0.259 e. The minimum atomic E-state index is -0.376. The van der Waals surface area contributed by atoms with Crippen LogP contribution < -0.4 is 5.32 Å². The molecule has 0 unspecified atom stereocenters. The van der Waals surface area contributed by atoms with E-state index in [1.807, 2.05) is 61.5 Å². The molecule has 0 radical (unpaired) electrons. The Hall–Kier alpha value is -3.60. The van der Waals surface area contributed by atoms with E-state index in [0.29, 0.717) is 25.2 Å². The molecular formula is C25H26N2O3. The Kier molecular flexibility index (Phi) is 6.86. The van der Waals surface area contributed by atoms with Gasteiger partial charge in [0.25, 0.3) is 5.91 Å². The van der Waals surface area contributed by atoms with Crippen LogP contribution in [0.1, 0.15) is 40.9 Å². The fourth-order valence-electron chi connectivity index (χ4n) is 3.32. The highest BCUT2D eigenvalue weighted by Crippen LogP contribution is 2.22. The first-order valence-electron chi connectivity index (χ1n) is 9.98. The minimum Gasteiger partial charge on any atom is -0.507 e. The van der Waals surface area contributed by atoms with Gasteiger partial charge in [0.2, 0.25) is 5.91 Å². The highest BCUT2D eigenvalue weighted by atomic mass is 16.3. The lowest BCUT2D eigenvalue weighted by molar-refractivity contribution is -0.129. The van der Waals surface area contributed by atoms with Gasteiger partial charge in [0, 0.05) is 25.7 Å². The van der Waals surface area contributed by atoms with E-state index in [1.54, 1.807) is 30.0 Å². The Morgan fingerprint density at radius 3 is 2.33 bits per heavy atom. The van der Waals surface area contributed by atoms with Crippen molar-refractivity contribution >= 4 is 17.5 Å². The van der Waals surface area contributed by atoms with Crippen molar-refractivity contribution in [1.82, 2.24) is 4.90 Å². The molecule has 3 aromatic carbocycles. The predicted molar refractivity (Wildman–Crippen MR) is 119 cm³/mol. The molecule has 30 heavy (non-hydrogen) atoms. The monoisotopic (exact) mass is 402 g/mol. The number of rotatable bonds is 7. The van der Waals surface area contributed by atoms with Gasteiger partial charge < -0.3 is 15.3 Å². The summed E-state index contributed by atoms with van der Waals surface area (Å²) in [7, 11) is 0. The van der Waals surface area contributed by atoms with Gasteiger partial charge >= 0.3 is 0 Å². The summed E-state index contributed by atoms with van der Waals surface area (Å²) in [6, 6.07) is 22.4. The highest BCUT2D eigenvalue weighted by Gasteiger charge is 2.14. The largest absolute Gasteiger partial charge is 0.507 e. The molecule has 3 rings (SSSR count). The predicted octanol–water partition coefficient (Wildman–Crippen LogP) is 4.60. The topological polar surface area (TPSA) is 69.6 Å². The van der Waals surface area contributed by atoms with E-state index in [4.69, 9.17) is 0 Å². The highest BCUT2D eigenvalue weighted by molar-refractivity contribution is 6.06.